The number of likely N-dealkylation sites (N-methyl/N-ethyl adjacent to an activating group) is 1. The second-order valence-corrected chi connectivity index (χ2v) is 10.7. The summed E-state index contributed by atoms with van der Waals surface area (Å²) in [5.74, 6) is -1.87. The maximum atomic E-state index is 14.0. The van der Waals surface area contributed by atoms with Crippen molar-refractivity contribution in [2.45, 2.75) is 10.4 Å². The highest BCUT2D eigenvalue weighted by Crippen LogP contribution is 2.41. The Bertz CT molecular complexity index is 1800. The minimum absolute atomic E-state index is 0.0675. The molecule has 0 fully saturated rings. The van der Waals surface area contributed by atoms with E-state index < -0.39 is 33.1 Å². The number of amides is 1. The van der Waals surface area contributed by atoms with Gasteiger partial charge >= 0.3 is 15.9 Å². The van der Waals surface area contributed by atoms with Crippen LogP contribution in [0.2, 0.25) is 0 Å². The molecule has 0 saturated carbocycles. The predicted octanol–water partition coefficient (Wildman–Crippen LogP) is 2.83. The van der Waals surface area contributed by atoms with Gasteiger partial charge in [-0.15, -0.1) is 0 Å². The molecule has 10 nitrogen and oxygen atoms in total. The SMILES string of the molecule is CN1C(=O)C(c2cccc(OS(=O)(=O)c3ccc4c(c3)oc(=O)n4C)c2)(c2ccc(F)c(Br)c2)N=C1N. The molecule has 3 aromatic carbocycles. The van der Waals surface area contributed by atoms with E-state index in [1.807, 2.05) is 0 Å². The number of rotatable bonds is 5. The molecule has 0 saturated heterocycles. The van der Waals surface area contributed by atoms with Gasteiger partial charge in [0.2, 0.25) is 0 Å². The Balaban J connectivity index is 1.59. The Morgan fingerprint density at radius 3 is 2.46 bits per heavy atom. The smallest absolute Gasteiger partial charge is 0.408 e. The number of hydrogen-bond acceptors (Lipinski definition) is 8. The van der Waals surface area contributed by atoms with Gasteiger partial charge in [0.1, 0.15) is 16.5 Å². The molecule has 1 aliphatic heterocycles. The molecule has 1 atom stereocenters. The summed E-state index contributed by atoms with van der Waals surface area (Å²) < 4.78 is 51.9. The van der Waals surface area contributed by atoms with Crippen molar-refractivity contribution in [2.75, 3.05) is 7.05 Å². The van der Waals surface area contributed by atoms with Crippen LogP contribution in [0.15, 0.2) is 84.2 Å². The molecule has 1 aliphatic rings. The van der Waals surface area contributed by atoms with E-state index in [2.05, 4.69) is 20.9 Å². The molecular weight excluding hydrogens is 571 g/mol. The number of guanidine groups is 1. The maximum absolute atomic E-state index is 14.0. The van der Waals surface area contributed by atoms with Crippen molar-refractivity contribution in [3.8, 4) is 5.75 Å². The molecule has 2 N–H and O–H groups in total. The third-order valence-corrected chi connectivity index (χ3v) is 7.94. The van der Waals surface area contributed by atoms with Crippen molar-refractivity contribution in [3.63, 3.8) is 0 Å². The van der Waals surface area contributed by atoms with Crippen molar-refractivity contribution >= 4 is 49.0 Å². The number of fused-ring (bicyclic) bond motifs is 1. The summed E-state index contributed by atoms with van der Waals surface area (Å²) >= 11 is 3.13. The van der Waals surface area contributed by atoms with E-state index in [-0.39, 0.29) is 32.2 Å². The van der Waals surface area contributed by atoms with Crippen LogP contribution in [0.3, 0.4) is 0 Å². The van der Waals surface area contributed by atoms with Gasteiger partial charge < -0.3 is 14.3 Å². The summed E-state index contributed by atoms with van der Waals surface area (Å²) in [4.78, 5) is 30.5. The molecular formula is C24H18BrFN4O6S. The standard InChI is InChI=1S/C24H18BrFN4O6S/c1-29-19-9-7-16(12-20(19)35-23(29)32)37(33,34)36-15-5-3-4-13(10-15)24(21(31)30(2)22(27)28-24)14-6-8-18(26)17(25)11-14/h3-12H,1-2H3,(H2,27,28). The summed E-state index contributed by atoms with van der Waals surface area (Å²) in [7, 11) is -1.42. The lowest BCUT2D eigenvalue weighted by molar-refractivity contribution is -0.129. The van der Waals surface area contributed by atoms with Gasteiger partial charge in [-0.3, -0.25) is 14.3 Å². The van der Waals surface area contributed by atoms with Crippen LogP contribution in [0.5, 0.6) is 5.75 Å². The normalized spacial score (nSPS) is 17.9. The zero-order valence-corrected chi connectivity index (χ0v) is 21.7. The van der Waals surface area contributed by atoms with E-state index in [1.165, 1.54) is 73.3 Å². The summed E-state index contributed by atoms with van der Waals surface area (Å²) in [6, 6.07) is 13.7. The quantitative estimate of drug-likeness (QED) is 0.354. The maximum Gasteiger partial charge on any atom is 0.419 e. The van der Waals surface area contributed by atoms with Crippen LogP contribution in [-0.2, 0) is 27.5 Å². The molecule has 1 amide bonds. The highest BCUT2D eigenvalue weighted by atomic mass is 79.9. The number of carbonyl (C=O) groups excluding carboxylic acids is 1. The van der Waals surface area contributed by atoms with Gasteiger partial charge in [0.15, 0.2) is 17.1 Å². The van der Waals surface area contributed by atoms with Crippen molar-refractivity contribution in [2.24, 2.45) is 17.8 Å². The van der Waals surface area contributed by atoms with Crippen LogP contribution in [-0.4, -0.2) is 36.8 Å². The van der Waals surface area contributed by atoms with E-state index in [0.29, 0.717) is 11.1 Å². The highest BCUT2D eigenvalue weighted by Gasteiger charge is 2.50. The number of oxazole rings is 1. The van der Waals surface area contributed by atoms with Gasteiger partial charge in [0, 0.05) is 20.2 Å². The monoisotopic (exact) mass is 588 g/mol. The first-order chi connectivity index (χ1) is 17.4. The Morgan fingerprint density at radius 2 is 1.78 bits per heavy atom. The van der Waals surface area contributed by atoms with Crippen molar-refractivity contribution < 1.29 is 26.2 Å². The summed E-state index contributed by atoms with van der Waals surface area (Å²) in [5.41, 5.74) is 5.32. The summed E-state index contributed by atoms with van der Waals surface area (Å²) in [5, 5.41) is 0. The lowest BCUT2D eigenvalue weighted by atomic mass is 9.82. The Labute approximate surface area is 218 Å². The average molecular weight is 589 g/mol. The fraction of sp³-hybridized carbons (Fsp3) is 0.125. The first kappa shape index (κ1) is 24.7. The second-order valence-electron chi connectivity index (χ2n) is 8.30. The molecule has 1 unspecified atom stereocenters. The van der Waals surface area contributed by atoms with Gasteiger partial charge in [-0.05, 0) is 63.5 Å². The molecule has 0 radical (unpaired) electrons. The second kappa shape index (κ2) is 8.56. The van der Waals surface area contributed by atoms with Crippen molar-refractivity contribution in [1.29, 1.82) is 0 Å². The van der Waals surface area contributed by atoms with Gasteiger partial charge in [0.05, 0.1) is 9.99 Å². The molecule has 0 aliphatic carbocycles. The van der Waals surface area contributed by atoms with E-state index in [1.54, 1.807) is 6.07 Å². The van der Waals surface area contributed by atoms with Crippen molar-refractivity contribution in [1.82, 2.24) is 9.47 Å². The van der Waals surface area contributed by atoms with Crippen LogP contribution in [0.25, 0.3) is 11.1 Å². The zero-order chi connectivity index (χ0) is 26.7. The fourth-order valence-corrected chi connectivity index (χ4v) is 5.44. The Hall–Kier alpha value is -3.97. The molecule has 1 aromatic heterocycles. The van der Waals surface area contributed by atoms with Gasteiger partial charge in [-0.1, -0.05) is 18.2 Å². The van der Waals surface area contributed by atoms with E-state index in [4.69, 9.17) is 14.3 Å². The number of benzene rings is 3. The number of aliphatic imine (C=N–C) groups is 1. The fourth-order valence-electron chi connectivity index (χ4n) is 4.12. The van der Waals surface area contributed by atoms with Crippen LogP contribution in [0, 0.1) is 5.82 Å². The molecule has 2 heterocycles. The van der Waals surface area contributed by atoms with Crippen LogP contribution >= 0.6 is 15.9 Å². The Kier molecular flexibility index (Phi) is 5.72. The lowest BCUT2D eigenvalue weighted by Gasteiger charge is -2.26. The number of aryl methyl sites for hydroxylation is 1. The number of nitrogens with zero attached hydrogens (tertiary/aromatic N) is 3. The third kappa shape index (κ3) is 3.90. The first-order valence-corrected chi connectivity index (χ1v) is 12.9. The summed E-state index contributed by atoms with van der Waals surface area (Å²) in [6.45, 7) is 0. The largest absolute Gasteiger partial charge is 0.419 e. The number of carbonyl (C=O) groups is 1. The molecule has 37 heavy (non-hydrogen) atoms. The molecule has 0 bridgehead atoms. The van der Waals surface area contributed by atoms with E-state index in [9.17, 15) is 22.4 Å². The minimum atomic E-state index is -4.36. The third-order valence-electron chi connectivity index (χ3n) is 6.09. The Morgan fingerprint density at radius 1 is 1.05 bits per heavy atom. The number of aromatic nitrogens is 1. The highest BCUT2D eigenvalue weighted by molar-refractivity contribution is 9.10. The molecule has 4 aromatic rings. The molecule has 5 rings (SSSR count). The van der Waals surface area contributed by atoms with Gasteiger partial charge in [-0.2, -0.15) is 8.42 Å². The zero-order valence-electron chi connectivity index (χ0n) is 19.3. The molecule has 13 heteroatoms. The number of nitrogens with two attached hydrogens (primary N) is 1. The van der Waals surface area contributed by atoms with Crippen LogP contribution in [0.4, 0.5) is 4.39 Å². The summed E-state index contributed by atoms with van der Waals surface area (Å²) in [6.07, 6.45) is 0. The topological polar surface area (TPSA) is 137 Å². The first-order valence-electron chi connectivity index (χ1n) is 10.7. The van der Waals surface area contributed by atoms with Gasteiger partial charge in [-0.25, -0.2) is 14.2 Å². The molecule has 190 valence electrons. The predicted molar refractivity (Wildman–Crippen MR) is 135 cm³/mol. The average Bonchev–Trinajstić information content (AvgIpc) is 3.27. The number of halogens is 2. The van der Waals surface area contributed by atoms with E-state index in [0.717, 1.165) is 4.90 Å². The van der Waals surface area contributed by atoms with Gasteiger partial charge in [0.25, 0.3) is 5.91 Å². The minimum Gasteiger partial charge on any atom is -0.408 e. The van der Waals surface area contributed by atoms with E-state index >= 15 is 0 Å². The number of hydrogen-bond donors (Lipinski definition) is 1. The van der Waals surface area contributed by atoms with Crippen LogP contribution < -0.4 is 15.7 Å². The molecule has 0 spiro atoms. The van der Waals surface area contributed by atoms with Crippen molar-refractivity contribution in [3.05, 3.63) is 92.6 Å². The lowest BCUT2D eigenvalue weighted by Crippen LogP contribution is -2.41. The van der Waals surface area contributed by atoms with Crippen LogP contribution in [0.1, 0.15) is 11.1 Å².